The second-order valence-corrected chi connectivity index (χ2v) is 8.45. The van der Waals surface area contributed by atoms with Gasteiger partial charge in [-0.2, -0.15) is 0 Å². The van der Waals surface area contributed by atoms with Crippen LogP contribution in [0.5, 0.6) is 0 Å². The molecule has 4 nitrogen and oxygen atoms in total. The predicted molar refractivity (Wildman–Crippen MR) is 109 cm³/mol. The number of hydrogen-bond acceptors (Lipinski definition) is 3. The monoisotopic (exact) mass is 397 g/mol. The maximum Gasteiger partial charge on any atom is 0.410 e. The lowest BCUT2D eigenvalue weighted by atomic mass is 9.73. The largest absolute Gasteiger partial charge is 0.445 e. The predicted octanol–water partition coefficient (Wildman–Crippen LogP) is 4.84. The van der Waals surface area contributed by atoms with Gasteiger partial charge in [0, 0.05) is 12.1 Å². The first-order chi connectivity index (χ1) is 14.0. The molecule has 5 heteroatoms. The van der Waals surface area contributed by atoms with Crippen molar-refractivity contribution in [3.05, 3.63) is 71.5 Å². The Labute approximate surface area is 171 Å². The number of benzene rings is 2. The smallest absolute Gasteiger partial charge is 0.410 e. The Balaban J connectivity index is 1.38. The van der Waals surface area contributed by atoms with Gasteiger partial charge in [0.05, 0.1) is 5.60 Å². The number of rotatable bonds is 5. The van der Waals surface area contributed by atoms with Crippen LogP contribution < -0.4 is 0 Å². The van der Waals surface area contributed by atoms with Crippen molar-refractivity contribution in [2.24, 2.45) is 0 Å². The van der Waals surface area contributed by atoms with Crippen molar-refractivity contribution >= 4 is 6.09 Å². The molecule has 0 saturated carbocycles. The number of fused-ring (bicyclic) bond motifs is 2. The Kier molecular flexibility index (Phi) is 5.86. The van der Waals surface area contributed by atoms with E-state index < -0.39 is 5.60 Å². The van der Waals surface area contributed by atoms with Crippen molar-refractivity contribution in [1.29, 1.82) is 0 Å². The van der Waals surface area contributed by atoms with Gasteiger partial charge in [0.15, 0.2) is 0 Å². The zero-order chi connectivity index (χ0) is 20.3. The Bertz CT molecular complexity index is 827. The van der Waals surface area contributed by atoms with Crippen molar-refractivity contribution in [2.45, 2.75) is 69.2 Å². The van der Waals surface area contributed by atoms with E-state index in [2.05, 4.69) is 0 Å². The third-order valence-corrected chi connectivity index (χ3v) is 6.28. The molecular weight excluding hydrogens is 369 g/mol. The highest BCUT2D eigenvalue weighted by molar-refractivity contribution is 5.69. The summed E-state index contributed by atoms with van der Waals surface area (Å²) in [6.07, 6.45) is 4.88. The number of amides is 1. The van der Waals surface area contributed by atoms with Gasteiger partial charge in [0.1, 0.15) is 12.4 Å². The standard InChI is InChI=1S/C24H28FNO3/c25-20-9-4-8-18(14-20)12-13-24(28)15-21-10-5-11-22(16-24)26(21)23(27)29-17-19-6-2-1-3-7-19/h1-4,6-9,14,21-22,28H,5,10-13,15-17H2. The minimum absolute atomic E-state index is 0.00304. The van der Waals surface area contributed by atoms with E-state index in [0.717, 1.165) is 30.4 Å². The molecule has 2 unspecified atom stereocenters. The molecule has 2 fully saturated rings. The highest BCUT2D eigenvalue weighted by Gasteiger charge is 2.47. The first kappa shape index (κ1) is 19.9. The van der Waals surface area contributed by atoms with E-state index in [9.17, 15) is 14.3 Å². The van der Waals surface area contributed by atoms with Crippen LogP contribution in [0.3, 0.4) is 0 Å². The highest BCUT2D eigenvalue weighted by atomic mass is 19.1. The zero-order valence-corrected chi connectivity index (χ0v) is 16.6. The average molecular weight is 397 g/mol. The fourth-order valence-electron chi connectivity index (χ4n) is 4.89. The molecule has 0 spiro atoms. The molecule has 2 aromatic carbocycles. The maximum atomic E-state index is 13.4. The van der Waals surface area contributed by atoms with Crippen molar-refractivity contribution < 1.29 is 19.0 Å². The van der Waals surface area contributed by atoms with Crippen molar-refractivity contribution in [2.75, 3.05) is 0 Å². The molecule has 2 saturated heterocycles. The zero-order valence-electron chi connectivity index (χ0n) is 16.6. The van der Waals surface area contributed by atoms with E-state index in [1.165, 1.54) is 12.1 Å². The van der Waals surface area contributed by atoms with Gasteiger partial charge in [0.2, 0.25) is 0 Å². The van der Waals surface area contributed by atoms with E-state index in [-0.39, 0.29) is 30.6 Å². The molecule has 2 aliphatic heterocycles. The summed E-state index contributed by atoms with van der Waals surface area (Å²) in [5, 5.41) is 11.2. The van der Waals surface area contributed by atoms with Crippen LogP contribution >= 0.6 is 0 Å². The topological polar surface area (TPSA) is 49.8 Å². The Morgan fingerprint density at radius 1 is 1.07 bits per heavy atom. The van der Waals surface area contributed by atoms with Crippen LogP contribution in [0.1, 0.15) is 49.7 Å². The summed E-state index contributed by atoms with van der Waals surface area (Å²) in [4.78, 5) is 14.7. The van der Waals surface area contributed by atoms with Crippen LogP contribution in [-0.4, -0.2) is 33.8 Å². The number of carbonyl (C=O) groups is 1. The van der Waals surface area contributed by atoms with Gasteiger partial charge in [-0.25, -0.2) is 9.18 Å². The number of ether oxygens (including phenoxy) is 1. The average Bonchev–Trinajstić information content (AvgIpc) is 2.71. The van der Waals surface area contributed by atoms with Gasteiger partial charge in [-0.1, -0.05) is 42.5 Å². The van der Waals surface area contributed by atoms with Gasteiger partial charge >= 0.3 is 6.09 Å². The van der Waals surface area contributed by atoms with E-state index in [1.807, 2.05) is 41.3 Å². The van der Waals surface area contributed by atoms with Crippen LogP contribution in [-0.2, 0) is 17.8 Å². The van der Waals surface area contributed by atoms with Gasteiger partial charge < -0.3 is 14.7 Å². The molecule has 2 aromatic rings. The summed E-state index contributed by atoms with van der Waals surface area (Å²) in [7, 11) is 0. The third kappa shape index (κ3) is 4.78. The van der Waals surface area contributed by atoms with E-state index >= 15 is 0 Å². The second-order valence-electron chi connectivity index (χ2n) is 8.45. The van der Waals surface area contributed by atoms with E-state index in [4.69, 9.17) is 4.74 Å². The van der Waals surface area contributed by atoms with Crippen LogP contribution in [0.15, 0.2) is 54.6 Å². The van der Waals surface area contributed by atoms with Crippen molar-refractivity contribution in [1.82, 2.24) is 4.90 Å². The first-order valence-corrected chi connectivity index (χ1v) is 10.5. The number of hydrogen-bond donors (Lipinski definition) is 1. The lowest BCUT2D eigenvalue weighted by Crippen LogP contribution is -2.60. The van der Waals surface area contributed by atoms with E-state index in [0.29, 0.717) is 25.7 Å². The van der Waals surface area contributed by atoms with Crippen molar-refractivity contribution in [3.63, 3.8) is 0 Å². The molecule has 1 N–H and O–H groups in total. The number of carbonyl (C=O) groups excluding carboxylic acids is 1. The number of aryl methyl sites for hydroxylation is 1. The second kappa shape index (κ2) is 8.54. The molecular formula is C24H28FNO3. The van der Waals surface area contributed by atoms with Crippen LogP contribution in [0.2, 0.25) is 0 Å². The van der Waals surface area contributed by atoms with Gasteiger partial charge in [-0.15, -0.1) is 0 Å². The number of piperidine rings is 2. The van der Waals surface area contributed by atoms with Crippen LogP contribution in [0.4, 0.5) is 9.18 Å². The minimum atomic E-state index is -0.821. The fourth-order valence-corrected chi connectivity index (χ4v) is 4.89. The first-order valence-electron chi connectivity index (χ1n) is 10.5. The summed E-state index contributed by atoms with van der Waals surface area (Å²) in [5.74, 6) is -0.248. The molecule has 29 heavy (non-hydrogen) atoms. The highest BCUT2D eigenvalue weighted by Crippen LogP contribution is 2.41. The van der Waals surface area contributed by atoms with E-state index in [1.54, 1.807) is 6.07 Å². The third-order valence-electron chi connectivity index (χ3n) is 6.28. The Morgan fingerprint density at radius 3 is 2.45 bits per heavy atom. The van der Waals surface area contributed by atoms with Gasteiger partial charge in [-0.3, -0.25) is 0 Å². The Hall–Kier alpha value is -2.40. The molecule has 1 amide bonds. The van der Waals surface area contributed by atoms with Crippen molar-refractivity contribution in [3.8, 4) is 0 Å². The molecule has 0 aliphatic carbocycles. The summed E-state index contributed by atoms with van der Waals surface area (Å²) in [5.41, 5.74) is 1.04. The summed E-state index contributed by atoms with van der Waals surface area (Å²) < 4.78 is 19.0. The molecule has 0 aromatic heterocycles. The number of halogens is 1. The quantitative estimate of drug-likeness (QED) is 0.785. The summed E-state index contributed by atoms with van der Waals surface area (Å²) >= 11 is 0. The molecule has 4 rings (SSSR count). The molecule has 2 atom stereocenters. The van der Waals surface area contributed by atoms with Gasteiger partial charge in [0.25, 0.3) is 0 Å². The fraction of sp³-hybridized carbons (Fsp3) is 0.458. The maximum absolute atomic E-state index is 13.4. The lowest BCUT2D eigenvalue weighted by molar-refractivity contribution is -0.0887. The number of aliphatic hydroxyl groups is 1. The molecule has 2 aliphatic rings. The minimum Gasteiger partial charge on any atom is -0.445 e. The Morgan fingerprint density at radius 2 is 1.76 bits per heavy atom. The normalized spacial score (nSPS) is 26.2. The SMILES string of the molecule is O=C(OCc1ccccc1)N1C2CCCC1CC(O)(CCc1cccc(F)c1)C2. The van der Waals surface area contributed by atoms with Crippen LogP contribution in [0, 0.1) is 5.82 Å². The van der Waals surface area contributed by atoms with Crippen LogP contribution in [0.25, 0.3) is 0 Å². The summed E-state index contributed by atoms with van der Waals surface area (Å²) in [6.45, 7) is 0.263. The molecule has 2 bridgehead atoms. The summed E-state index contributed by atoms with van der Waals surface area (Å²) in [6, 6.07) is 16.2. The molecule has 154 valence electrons. The lowest BCUT2D eigenvalue weighted by Gasteiger charge is -2.51. The number of nitrogens with zero attached hydrogens (tertiary/aromatic N) is 1. The van der Waals surface area contributed by atoms with Gasteiger partial charge in [-0.05, 0) is 68.2 Å². The molecule has 2 heterocycles. The molecule has 0 radical (unpaired) electrons.